The fourth-order valence-corrected chi connectivity index (χ4v) is 3.10. The summed E-state index contributed by atoms with van der Waals surface area (Å²) in [5, 5.41) is 0. The first-order valence-electron chi connectivity index (χ1n) is 4.39. The third-order valence-corrected chi connectivity index (χ3v) is 4.03. The highest BCUT2D eigenvalue weighted by Gasteiger charge is 2.36. The van der Waals surface area contributed by atoms with Crippen LogP contribution in [0.4, 0.5) is 0 Å². The molecule has 1 aliphatic heterocycles. The SMILES string of the molecule is C=CCS(=O)(=O)N1CCC[C@H]1C(N)=O. The predicted octanol–water partition coefficient (Wildman–Crippen LogP) is -0.548. The van der Waals surface area contributed by atoms with Crippen LogP contribution in [0.5, 0.6) is 0 Å². The molecular formula is C8H14N2O3S. The molecule has 6 heteroatoms. The molecule has 0 aliphatic carbocycles. The molecule has 1 fully saturated rings. The van der Waals surface area contributed by atoms with E-state index >= 15 is 0 Å². The van der Waals surface area contributed by atoms with Crippen molar-refractivity contribution < 1.29 is 13.2 Å². The van der Waals surface area contributed by atoms with Crippen molar-refractivity contribution in [2.24, 2.45) is 5.73 Å². The van der Waals surface area contributed by atoms with Crippen LogP contribution in [0.1, 0.15) is 12.8 Å². The zero-order valence-electron chi connectivity index (χ0n) is 7.85. The van der Waals surface area contributed by atoms with Gasteiger partial charge in [0.15, 0.2) is 0 Å². The zero-order chi connectivity index (χ0) is 10.8. The van der Waals surface area contributed by atoms with E-state index in [0.29, 0.717) is 19.4 Å². The number of hydrogen-bond acceptors (Lipinski definition) is 3. The molecule has 0 aromatic carbocycles. The van der Waals surface area contributed by atoms with Crippen molar-refractivity contribution in [3.63, 3.8) is 0 Å². The van der Waals surface area contributed by atoms with Gasteiger partial charge in [0, 0.05) is 6.54 Å². The molecule has 1 heterocycles. The van der Waals surface area contributed by atoms with Crippen LogP contribution in [0, 0.1) is 0 Å². The Morgan fingerprint density at radius 1 is 1.64 bits per heavy atom. The lowest BCUT2D eigenvalue weighted by Gasteiger charge is -2.20. The quantitative estimate of drug-likeness (QED) is 0.643. The molecule has 80 valence electrons. The van der Waals surface area contributed by atoms with Crippen LogP contribution in [0.3, 0.4) is 0 Å². The normalized spacial score (nSPS) is 23.6. The van der Waals surface area contributed by atoms with Crippen LogP contribution < -0.4 is 5.73 Å². The standard InChI is InChI=1S/C8H14N2O3S/c1-2-6-14(12,13)10-5-3-4-7(10)8(9)11/h2,7H,1,3-6H2,(H2,9,11)/t7-/m0/s1. The third-order valence-electron chi connectivity index (χ3n) is 2.22. The number of nitrogens with two attached hydrogens (primary N) is 1. The van der Waals surface area contributed by atoms with Gasteiger partial charge in [-0.15, -0.1) is 6.58 Å². The second-order valence-corrected chi connectivity index (χ2v) is 5.20. The molecular weight excluding hydrogens is 204 g/mol. The van der Waals surface area contributed by atoms with Gasteiger partial charge in [-0.25, -0.2) is 8.42 Å². The van der Waals surface area contributed by atoms with Crippen molar-refractivity contribution in [3.8, 4) is 0 Å². The first-order valence-corrected chi connectivity index (χ1v) is 5.99. The summed E-state index contributed by atoms with van der Waals surface area (Å²) in [7, 11) is -3.39. The maximum atomic E-state index is 11.6. The Kier molecular flexibility index (Phi) is 3.28. The van der Waals surface area contributed by atoms with E-state index in [1.807, 2.05) is 0 Å². The number of primary amides is 1. The van der Waals surface area contributed by atoms with Crippen LogP contribution in [0.2, 0.25) is 0 Å². The summed E-state index contributed by atoms with van der Waals surface area (Å²) in [6, 6.07) is -0.667. The summed E-state index contributed by atoms with van der Waals surface area (Å²) >= 11 is 0. The van der Waals surface area contributed by atoms with Crippen molar-refractivity contribution in [3.05, 3.63) is 12.7 Å². The predicted molar refractivity (Wildman–Crippen MR) is 52.9 cm³/mol. The fourth-order valence-electron chi connectivity index (χ4n) is 1.60. The molecule has 1 aliphatic rings. The number of sulfonamides is 1. The Bertz CT molecular complexity index is 336. The Hall–Kier alpha value is -0.880. The minimum absolute atomic E-state index is 0.142. The van der Waals surface area contributed by atoms with E-state index in [4.69, 9.17) is 5.73 Å². The largest absolute Gasteiger partial charge is 0.368 e. The van der Waals surface area contributed by atoms with E-state index in [9.17, 15) is 13.2 Å². The number of nitrogens with zero attached hydrogens (tertiary/aromatic N) is 1. The molecule has 0 aromatic heterocycles. The highest BCUT2D eigenvalue weighted by Crippen LogP contribution is 2.20. The van der Waals surface area contributed by atoms with E-state index in [1.165, 1.54) is 10.4 Å². The Balaban J connectivity index is 2.86. The summed E-state index contributed by atoms with van der Waals surface area (Å²) in [5.74, 6) is -0.716. The fraction of sp³-hybridized carbons (Fsp3) is 0.625. The summed E-state index contributed by atoms with van der Waals surface area (Å²) in [6.45, 7) is 3.74. The highest BCUT2D eigenvalue weighted by atomic mass is 32.2. The molecule has 0 aromatic rings. The van der Waals surface area contributed by atoms with Gasteiger partial charge >= 0.3 is 0 Å². The molecule has 1 atom stereocenters. The van der Waals surface area contributed by atoms with Crippen LogP contribution in [-0.4, -0.2) is 37.0 Å². The summed E-state index contributed by atoms with van der Waals surface area (Å²) in [4.78, 5) is 11.0. The summed E-state index contributed by atoms with van der Waals surface area (Å²) in [6.07, 6.45) is 2.52. The van der Waals surface area contributed by atoms with Gasteiger partial charge in [0.1, 0.15) is 6.04 Å². The molecule has 14 heavy (non-hydrogen) atoms. The first-order chi connectivity index (χ1) is 6.49. The first kappa shape index (κ1) is 11.2. The molecule has 0 spiro atoms. The smallest absolute Gasteiger partial charge is 0.235 e. The van der Waals surface area contributed by atoms with E-state index in [0.717, 1.165) is 0 Å². The van der Waals surface area contributed by atoms with E-state index < -0.39 is 22.0 Å². The van der Waals surface area contributed by atoms with E-state index in [1.54, 1.807) is 0 Å². The van der Waals surface area contributed by atoms with Crippen LogP contribution in [0.15, 0.2) is 12.7 Å². The van der Waals surface area contributed by atoms with Crippen molar-refractivity contribution in [2.75, 3.05) is 12.3 Å². The van der Waals surface area contributed by atoms with Crippen molar-refractivity contribution >= 4 is 15.9 Å². The van der Waals surface area contributed by atoms with Gasteiger partial charge in [-0.05, 0) is 12.8 Å². The maximum Gasteiger partial charge on any atom is 0.235 e. The minimum Gasteiger partial charge on any atom is -0.368 e. The lowest BCUT2D eigenvalue weighted by molar-refractivity contribution is -0.121. The minimum atomic E-state index is -3.39. The average molecular weight is 218 g/mol. The van der Waals surface area contributed by atoms with Gasteiger partial charge in [0.05, 0.1) is 5.75 Å². The number of amides is 1. The molecule has 1 saturated heterocycles. The van der Waals surface area contributed by atoms with Gasteiger partial charge in [0.25, 0.3) is 0 Å². The molecule has 5 nitrogen and oxygen atoms in total. The van der Waals surface area contributed by atoms with Crippen LogP contribution in [0.25, 0.3) is 0 Å². The molecule has 0 bridgehead atoms. The van der Waals surface area contributed by atoms with Crippen LogP contribution in [-0.2, 0) is 14.8 Å². The second-order valence-electron chi connectivity index (χ2n) is 3.24. The molecule has 0 radical (unpaired) electrons. The number of rotatable bonds is 4. The topological polar surface area (TPSA) is 80.5 Å². The van der Waals surface area contributed by atoms with Gasteiger partial charge < -0.3 is 5.73 Å². The Labute approximate surface area is 83.6 Å². The molecule has 1 amide bonds. The van der Waals surface area contributed by atoms with Crippen molar-refractivity contribution in [1.29, 1.82) is 0 Å². The summed E-state index contributed by atoms with van der Waals surface area (Å²) in [5.41, 5.74) is 5.11. The van der Waals surface area contributed by atoms with Gasteiger partial charge in [-0.3, -0.25) is 4.79 Å². The lowest BCUT2D eigenvalue weighted by Crippen LogP contribution is -2.44. The van der Waals surface area contributed by atoms with E-state index in [-0.39, 0.29) is 5.75 Å². The zero-order valence-corrected chi connectivity index (χ0v) is 8.66. The summed E-state index contributed by atoms with van der Waals surface area (Å²) < 4.78 is 24.4. The van der Waals surface area contributed by atoms with Crippen molar-refractivity contribution in [1.82, 2.24) is 4.31 Å². The average Bonchev–Trinajstić information content (AvgIpc) is 2.51. The van der Waals surface area contributed by atoms with Crippen molar-refractivity contribution in [2.45, 2.75) is 18.9 Å². The molecule has 2 N–H and O–H groups in total. The third kappa shape index (κ3) is 2.13. The Morgan fingerprint density at radius 3 is 2.79 bits per heavy atom. The number of hydrogen-bond donors (Lipinski definition) is 1. The molecule has 0 saturated carbocycles. The second kappa shape index (κ2) is 4.10. The lowest BCUT2D eigenvalue weighted by atomic mass is 10.2. The molecule has 0 unspecified atom stereocenters. The Morgan fingerprint density at radius 2 is 2.29 bits per heavy atom. The monoisotopic (exact) mass is 218 g/mol. The molecule has 1 rings (SSSR count). The van der Waals surface area contributed by atoms with Crippen LogP contribution >= 0.6 is 0 Å². The van der Waals surface area contributed by atoms with Gasteiger partial charge in [0.2, 0.25) is 15.9 Å². The highest BCUT2D eigenvalue weighted by molar-refractivity contribution is 7.89. The number of carbonyl (C=O) groups is 1. The van der Waals surface area contributed by atoms with Gasteiger partial charge in [-0.1, -0.05) is 6.08 Å². The maximum absolute atomic E-state index is 11.6. The van der Waals surface area contributed by atoms with E-state index in [2.05, 4.69) is 6.58 Å². The van der Waals surface area contributed by atoms with Gasteiger partial charge in [-0.2, -0.15) is 4.31 Å². The number of carbonyl (C=O) groups excluding carboxylic acids is 1.